The first-order valence-corrected chi connectivity index (χ1v) is 17.4. The van der Waals surface area contributed by atoms with Crippen molar-refractivity contribution in [3.63, 3.8) is 0 Å². The van der Waals surface area contributed by atoms with Gasteiger partial charge in [0, 0.05) is 16.7 Å². The minimum absolute atomic E-state index is 0.0557. The van der Waals surface area contributed by atoms with Crippen LogP contribution in [0.2, 0.25) is 5.28 Å². The quantitative estimate of drug-likeness (QED) is 0.0976. The normalized spacial score (nSPS) is 12.8. The third kappa shape index (κ3) is 6.60. The maximum atomic E-state index is 12.4. The highest BCUT2D eigenvalue weighted by atomic mass is 35.5. The van der Waals surface area contributed by atoms with Crippen molar-refractivity contribution >= 4 is 86.5 Å². The number of rotatable bonds is 8. The molecule has 0 saturated heterocycles. The molecule has 1 aromatic heterocycles. The molecule has 4 aromatic carbocycles. The van der Waals surface area contributed by atoms with E-state index in [2.05, 4.69) is 30.5 Å². The van der Waals surface area contributed by atoms with E-state index < -0.39 is 62.2 Å². The summed E-state index contributed by atoms with van der Waals surface area (Å²) in [7, 11) is -15.1. The van der Waals surface area contributed by atoms with E-state index in [-0.39, 0.29) is 44.8 Å². The summed E-state index contributed by atoms with van der Waals surface area (Å²) < 4.78 is 104. The highest BCUT2D eigenvalue weighted by Crippen LogP contribution is 2.46. The standard InChI is InChI=1S/C26H21ClN6O10S3/c1-12(2)24-29-25(27)31-26(30-24)28-18-11-15(44(35,36)37)9-14-10-19(45(38,39)40)21(22(34)20(14)18)33-32-17-8-7-13-5-3-4-6-16(13)23(17)46(41,42)43/h3-12,34H,1-2H3,(H,35,36,37)(H,38,39,40)(H,41,42,43)(H,28,29,30,31). The molecule has 0 radical (unpaired) electrons. The van der Waals surface area contributed by atoms with Crippen molar-refractivity contribution in [2.75, 3.05) is 5.32 Å². The Labute approximate surface area is 266 Å². The van der Waals surface area contributed by atoms with Crippen molar-refractivity contribution in [2.24, 2.45) is 10.2 Å². The van der Waals surface area contributed by atoms with Crippen LogP contribution < -0.4 is 5.32 Å². The summed E-state index contributed by atoms with van der Waals surface area (Å²) in [6, 6.07) is 11.1. The van der Waals surface area contributed by atoms with E-state index in [0.29, 0.717) is 5.39 Å². The fourth-order valence-corrected chi connectivity index (χ4v) is 6.69. The highest BCUT2D eigenvalue weighted by molar-refractivity contribution is 7.86. The van der Waals surface area contributed by atoms with Crippen molar-refractivity contribution in [3.8, 4) is 5.75 Å². The minimum atomic E-state index is -5.23. The Hall–Kier alpha value is -4.37. The molecule has 240 valence electrons. The van der Waals surface area contributed by atoms with Gasteiger partial charge in [-0.2, -0.15) is 35.2 Å². The predicted octanol–water partition coefficient (Wildman–Crippen LogP) is 5.56. The first-order chi connectivity index (χ1) is 21.3. The van der Waals surface area contributed by atoms with Crippen molar-refractivity contribution < 1.29 is 44.0 Å². The summed E-state index contributed by atoms with van der Waals surface area (Å²) in [5, 5.41) is 21.2. The molecule has 0 aliphatic carbocycles. The smallest absolute Gasteiger partial charge is 0.297 e. The average molecular weight is 709 g/mol. The summed E-state index contributed by atoms with van der Waals surface area (Å²) in [5.74, 6) is -1.22. The molecule has 0 spiro atoms. The fourth-order valence-electron chi connectivity index (χ4n) is 4.49. The second-order valence-electron chi connectivity index (χ2n) is 9.97. The van der Waals surface area contributed by atoms with Crippen molar-refractivity contribution in [1.29, 1.82) is 0 Å². The van der Waals surface area contributed by atoms with Gasteiger partial charge in [0.05, 0.1) is 10.6 Å². The van der Waals surface area contributed by atoms with E-state index in [0.717, 1.165) is 18.2 Å². The molecule has 0 saturated carbocycles. The summed E-state index contributed by atoms with van der Waals surface area (Å²) in [5.41, 5.74) is -1.66. The maximum absolute atomic E-state index is 12.4. The number of aromatic hydroxyl groups is 1. The molecule has 0 aliphatic rings. The Bertz CT molecular complexity index is 2440. The van der Waals surface area contributed by atoms with Gasteiger partial charge in [0.2, 0.25) is 11.2 Å². The lowest BCUT2D eigenvalue weighted by molar-refractivity contribution is 0.472. The van der Waals surface area contributed by atoms with Gasteiger partial charge >= 0.3 is 0 Å². The number of hydrogen-bond acceptors (Lipinski definition) is 13. The summed E-state index contributed by atoms with van der Waals surface area (Å²) >= 11 is 6.02. The second kappa shape index (κ2) is 11.8. The fraction of sp³-hybridized carbons (Fsp3) is 0.115. The third-order valence-electron chi connectivity index (χ3n) is 6.46. The van der Waals surface area contributed by atoms with Gasteiger partial charge in [-0.25, -0.2) is 4.98 Å². The molecule has 0 atom stereocenters. The van der Waals surface area contributed by atoms with Gasteiger partial charge in [-0.3, -0.25) is 13.7 Å². The highest BCUT2D eigenvalue weighted by Gasteiger charge is 2.27. The molecule has 5 aromatic rings. The van der Waals surface area contributed by atoms with Crippen LogP contribution in [-0.2, 0) is 30.4 Å². The van der Waals surface area contributed by atoms with Gasteiger partial charge in [0.25, 0.3) is 30.4 Å². The summed E-state index contributed by atoms with van der Waals surface area (Å²) in [6.07, 6.45) is 0. The third-order valence-corrected chi connectivity index (χ3v) is 9.27. The van der Waals surface area contributed by atoms with Crippen LogP contribution in [0.1, 0.15) is 25.6 Å². The van der Waals surface area contributed by atoms with Crippen LogP contribution in [-0.4, -0.2) is 59.0 Å². The van der Waals surface area contributed by atoms with Crippen LogP contribution in [0.15, 0.2) is 79.5 Å². The van der Waals surface area contributed by atoms with Crippen LogP contribution >= 0.6 is 11.6 Å². The second-order valence-corrected chi connectivity index (χ2v) is 14.5. The average Bonchev–Trinajstić information content (AvgIpc) is 2.94. The number of nitrogens with one attached hydrogen (secondary N) is 1. The van der Waals surface area contributed by atoms with Crippen LogP contribution in [0.4, 0.5) is 23.0 Å². The van der Waals surface area contributed by atoms with E-state index in [1.54, 1.807) is 26.0 Å². The zero-order chi connectivity index (χ0) is 33.8. The number of aromatic nitrogens is 3. The van der Waals surface area contributed by atoms with E-state index in [1.165, 1.54) is 24.3 Å². The lowest BCUT2D eigenvalue weighted by atomic mass is 10.1. The van der Waals surface area contributed by atoms with E-state index >= 15 is 0 Å². The van der Waals surface area contributed by atoms with Crippen molar-refractivity contribution in [1.82, 2.24) is 15.0 Å². The van der Waals surface area contributed by atoms with Crippen molar-refractivity contribution in [2.45, 2.75) is 34.5 Å². The maximum Gasteiger partial charge on any atom is 0.297 e. The molecule has 0 unspecified atom stereocenters. The number of hydrogen-bond donors (Lipinski definition) is 5. The molecule has 5 rings (SSSR count). The van der Waals surface area contributed by atoms with Crippen molar-refractivity contribution in [3.05, 3.63) is 65.7 Å². The van der Waals surface area contributed by atoms with Crippen LogP contribution in [0.25, 0.3) is 21.5 Å². The van der Waals surface area contributed by atoms with Gasteiger partial charge in [0.1, 0.15) is 27.0 Å². The summed E-state index contributed by atoms with van der Waals surface area (Å²) in [4.78, 5) is 9.63. The van der Waals surface area contributed by atoms with Gasteiger partial charge < -0.3 is 10.4 Å². The number of nitrogens with zero attached hydrogens (tertiary/aromatic N) is 5. The Kier molecular flexibility index (Phi) is 8.45. The monoisotopic (exact) mass is 708 g/mol. The SMILES string of the molecule is CC(C)c1nc(Cl)nc(Nc2cc(S(=O)(=O)O)cc3cc(S(=O)(=O)O)c(N=Nc4ccc5ccccc5c4S(=O)(=O)O)c(O)c23)n1. The van der Waals surface area contributed by atoms with E-state index in [9.17, 15) is 44.0 Å². The van der Waals surface area contributed by atoms with E-state index in [4.69, 9.17) is 11.6 Å². The molecule has 0 aliphatic heterocycles. The molecule has 0 fully saturated rings. The first kappa shape index (κ1) is 33.0. The van der Waals surface area contributed by atoms with E-state index in [1.807, 2.05) is 0 Å². The molecule has 0 bridgehead atoms. The number of benzene rings is 4. The minimum Gasteiger partial charge on any atom is -0.505 e. The molecule has 16 nitrogen and oxygen atoms in total. The molecular formula is C26H21ClN6O10S3. The lowest BCUT2D eigenvalue weighted by Gasteiger charge is -2.15. The zero-order valence-electron chi connectivity index (χ0n) is 23.4. The Morgan fingerprint density at radius 2 is 1.50 bits per heavy atom. The van der Waals surface area contributed by atoms with Crippen LogP contribution in [0, 0.1) is 0 Å². The number of halogens is 1. The van der Waals surface area contributed by atoms with Crippen LogP contribution in [0.3, 0.4) is 0 Å². The lowest BCUT2D eigenvalue weighted by Crippen LogP contribution is -2.07. The number of phenolic OH excluding ortho intramolecular Hbond substituents is 1. The van der Waals surface area contributed by atoms with Gasteiger partial charge in [0.15, 0.2) is 5.75 Å². The number of azo groups is 1. The van der Waals surface area contributed by atoms with Crippen LogP contribution in [0.5, 0.6) is 5.75 Å². The molecule has 20 heteroatoms. The predicted molar refractivity (Wildman–Crippen MR) is 165 cm³/mol. The number of fused-ring (bicyclic) bond motifs is 2. The zero-order valence-corrected chi connectivity index (χ0v) is 26.6. The Balaban J connectivity index is 1.81. The molecule has 0 amide bonds. The van der Waals surface area contributed by atoms with Gasteiger partial charge in [-0.15, -0.1) is 10.2 Å². The first-order valence-electron chi connectivity index (χ1n) is 12.7. The largest absolute Gasteiger partial charge is 0.505 e. The topological polar surface area (TPSA) is 259 Å². The molecule has 46 heavy (non-hydrogen) atoms. The Morgan fingerprint density at radius 3 is 2.13 bits per heavy atom. The number of phenols is 1. The summed E-state index contributed by atoms with van der Waals surface area (Å²) in [6.45, 7) is 3.51. The molecular weight excluding hydrogens is 688 g/mol. The molecule has 5 N–H and O–H groups in total. The van der Waals surface area contributed by atoms with Gasteiger partial charge in [-0.1, -0.05) is 44.2 Å². The molecule has 1 heterocycles. The Morgan fingerprint density at radius 1 is 0.804 bits per heavy atom. The number of anilines is 2. The van der Waals surface area contributed by atoms with Gasteiger partial charge in [-0.05, 0) is 46.6 Å².